The number of rotatable bonds is 2. The normalized spacial score (nSPS) is 12.1. The van der Waals surface area contributed by atoms with Crippen LogP contribution in [0, 0.1) is 0 Å². The van der Waals surface area contributed by atoms with Crippen molar-refractivity contribution in [2.24, 2.45) is 0 Å². The first-order chi connectivity index (χ1) is 8.39. The van der Waals surface area contributed by atoms with E-state index in [1.807, 2.05) is 0 Å². The smallest absolute Gasteiger partial charge is 0.223 e. The fourth-order valence-corrected chi connectivity index (χ4v) is 1.78. The minimum atomic E-state index is -4.36. The molecule has 18 heavy (non-hydrogen) atoms. The van der Waals surface area contributed by atoms with Gasteiger partial charge in [-0.05, 0) is 23.6 Å². The molecule has 0 fully saturated rings. The summed E-state index contributed by atoms with van der Waals surface area (Å²) >= 11 is 0. The monoisotopic (exact) mass is 255 g/mol. The Kier molecular flexibility index (Phi) is 3.11. The van der Waals surface area contributed by atoms with Crippen LogP contribution in [0.3, 0.4) is 0 Å². The fourth-order valence-electron chi connectivity index (χ4n) is 1.78. The highest BCUT2D eigenvalue weighted by Crippen LogP contribution is 2.36. The van der Waals surface area contributed by atoms with Gasteiger partial charge in [-0.1, -0.05) is 19.9 Å². The quantitative estimate of drug-likeness (QED) is 0.823. The molecule has 0 radical (unpaired) electrons. The molecular formula is C12H12F3N3. The van der Waals surface area contributed by atoms with E-state index in [4.69, 9.17) is 0 Å². The summed E-state index contributed by atoms with van der Waals surface area (Å²) in [4.78, 5) is 3.72. The Morgan fingerprint density at radius 1 is 1.22 bits per heavy atom. The van der Waals surface area contributed by atoms with Crippen molar-refractivity contribution >= 4 is 0 Å². The van der Waals surface area contributed by atoms with Crippen molar-refractivity contribution in [2.75, 3.05) is 0 Å². The summed E-state index contributed by atoms with van der Waals surface area (Å²) in [7, 11) is 0. The minimum Gasteiger partial charge on any atom is -0.223 e. The van der Waals surface area contributed by atoms with Gasteiger partial charge in [-0.25, -0.2) is 9.67 Å². The number of benzene rings is 1. The van der Waals surface area contributed by atoms with Crippen LogP contribution in [-0.2, 0) is 6.18 Å². The number of nitrogens with zero attached hydrogens (tertiary/aromatic N) is 3. The third-order valence-corrected chi connectivity index (χ3v) is 2.65. The maximum atomic E-state index is 13.0. The van der Waals surface area contributed by atoms with Gasteiger partial charge < -0.3 is 0 Å². The molecule has 0 atom stereocenters. The van der Waals surface area contributed by atoms with Crippen LogP contribution in [-0.4, -0.2) is 14.8 Å². The number of hydrogen-bond acceptors (Lipinski definition) is 2. The number of hydrogen-bond donors (Lipinski definition) is 0. The summed E-state index contributed by atoms with van der Waals surface area (Å²) < 4.78 is 40.3. The van der Waals surface area contributed by atoms with Gasteiger partial charge in [0.15, 0.2) is 0 Å². The van der Waals surface area contributed by atoms with Crippen molar-refractivity contribution in [3.63, 3.8) is 0 Å². The lowest BCUT2D eigenvalue weighted by Gasteiger charge is -2.16. The summed E-state index contributed by atoms with van der Waals surface area (Å²) in [5.74, 6) is -0.188. The molecule has 0 amide bonds. The Morgan fingerprint density at radius 2 is 1.94 bits per heavy atom. The molecule has 1 aromatic carbocycles. The van der Waals surface area contributed by atoms with E-state index in [1.165, 1.54) is 23.4 Å². The third-order valence-electron chi connectivity index (χ3n) is 2.65. The van der Waals surface area contributed by atoms with Gasteiger partial charge in [0.25, 0.3) is 0 Å². The van der Waals surface area contributed by atoms with Gasteiger partial charge in [-0.3, -0.25) is 0 Å². The molecule has 0 N–H and O–H groups in total. The van der Waals surface area contributed by atoms with Gasteiger partial charge in [-0.2, -0.15) is 18.3 Å². The minimum absolute atomic E-state index is 0.188. The summed E-state index contributed by atoms with van der Waals surface area (Å²) in [6.07, 6.45) is -1.72. The highest BCUT2D eigenvalue weighted by atomic mass is 19.4. The summed E-state index contributed by atoms with van der Waals surface area (Å²) in [6, 6.07) is 4.20. The van der Waals surface area contributed by atoms with Crippen LogP contribution in [0.4, 0.5) is 13.2 Å². The van der Waals surface area contributed by atoms with E-state index in [2.05, 4.69) is 10.1 Å². The van der Waals surface area contributed by atoms with Crippen LogP contribution in [0.25, 0.3) is 5.69 Å². The molecule has 1 heterocycles. The first kappa shape index (κ1) is 12.6. The molecule has 0 unspecified atom stereocenters. The van der Waals surface area contributed by atoms with Crippen LogP contribution in [0.5, 0.6) is 0 Å². The van der Waals surface area contributed by atoms with Crippen molar-refractivity contribution in [2.45, 2.75) is 25.9 Å². The van der Waals surface area contributed by atoms with Crippen LogP contribution < -0.4 is 0 Å². The van der Waals surface area contributed by atoms with E-state index in [1.54, 1.807) is 19.9 Å². The molecule has 0 aliphatic rings. The van der Waals surface area contributed by atoms with E-state index in [-0.39, 0.29) is 11.5 Å². The Morgan fingerprint density at radius 3 is 2.44 bits per heavy atom. The lowest BCUT2D eigenvalue weighted by atomic mass is 9.96. The second-order valence-electron chi connectivity index (χ2n) is 4.26. The molecular weight excluding hydrogens is 243 g/mol. The molecule has 96 valence electrons. The van der Waals surface area contributed by atoms with Crippen molar-refractivity contribution in [3.8, 4) is 5.69 Å². The lowest BCUT2D eigenvalue weighted by molar-refractivity contribution is -0.138. The third kappa shape index (κ3) is 2.37. The van der Waals surface area contributed by atoms with Gasteiger partial charge in [0.1, 0.15) is 12.7 Å². The van der Waals surface area contributed by atoms with Gasteiger partial charge in [0, 0.05) is 0 Å². The number of halogens is 3. The number of alkyl halides is 3. The van der Waals surface area contributed by atoms with Gasteiger partial charge in [0.05, 0.1) is 11.3 Å². The average molecular weight is 255 g/mol. The van der Waals surface area contributed by atoms with Crippen molar-refractivity contribution in [3.05, 3.63) is 42.0 Å². The Bertz CT molecular complexity index is 530. The molecule has 6 heteroatoms. The molecule has 0 aliphatic carbocycles. The second kappa shape index (κ2) is 4.44. The van der Waals surface area contributed by atoms with Crippen molar-refractivity contribution in [1.29, 1.82) is 0 Å². The molecule has 1 aromatic heterocycles. The van der Waals surface area contributed by atoms with E-state index >= 15 is 0 Å². The molecule has 0 saturated carbocycles. The Labute approximate surface area is 102 Å². The van der Waals surface area contributed by atoms with Crippen LogP contribution in [0.15, 0.2) is 30.9 Å². The van der Waals surface area contributed by atoms with Crippen LogP contribution >= 0.6 is 0 Å². The summed E-state index contributed by atoms with van der Waals surface area (Å²) in [6.45, 7) is 3.47. The predicted molar refractivity (Wildman–Crippen MR) is 60.5 cm³/mol. The largest absolute Gasteiger partial charge is 0.416 e. The first-order valence-corrected chi connectivity index (χ1v) is 5.45. The molecule has 0 spiro atoms. The zero-order chi connectivity index (χ0) is 13.3. The standard InChI is InChI=1S/C12H12F3N3/c1-8(2)10-4-3-9(18-7-16-6-17-18)5-11(10)12(13,14)15/h3-8H,1-2H3. The maximum Gasteiger partial charge on any atom is 0.416 e. The predicted octanol–water partition coefficient (Wildman–Crippen LogP) is 3.41. The van der Waals surface area contributed by atoms with E-state index in [9.17, 15) is 13.2 Å². The molecule has 2 rings (SSSR count). The Balaban J connectivity index is 2.56. The van der Waals surface area contributed by atoms with Crippen LogP contribution in [0.2, 0.25) is 0 Å². The van der Waals surface area contributed by atoms with E-state index in [0.717, 1.165) is 6.07 Å². The van der Waals surface area contributed by atoms with Gasteiger partial charge in [-0.15, -0.1) is 0 Å². The maximum absolute atomic E-state index is 13.0. The van der Waals surface area contributed by atoms with Crippen molar-refractivity contribution in [1.82, 2.24) is 14.8 Å². The first-order valence-electron chi connectivity index (χ1n) is 5.45. The second-order valence-corrected chi connectivity index (χ2v) is 4.26. The van der Waals surface area contributed by atoms with Crippen molar-refractivity contribution < 1.29 is 13.2 Å². The van der Waals surface area contributed by atoms with E-state index in [0.29, 0.717) is 5.69 Å². The number of aromatic nitrogens is 3. The topological polar surface area (TPSA) is 30.7 Å². The van der Waals surface area contributed by atoms with Crippen LogP contribution in [0.1, 0.15) is 30.9 Å². The average Bonchev–Trinajstić information content (AvgIpc) is 2.80. The summed E-state index contributed by atoms with van der Waals surface area (Å²) in [5.41, 5.74) is 0.0149. The molecule has 3 nitrogen and oxygen atoms in total. The molecule has 2 aromatic rings. The van der Waals surface area contributed by atoms with Gasteiger partial charge >= 0.3 is 6.18 Å². The van der Waals surface area contributed by atoms with Gasteiger partial charge in [0.2, 0.25) is 0 Å². The highest BCUT2D eigenvalue weighted by Gasteiger charge is 2.34. The molecule has 0 saturated heterocycles. The zero-order valence-corrected chi connectivity index (χ0v) is 9.94. The zero-order valence-electron chi connectivity index (χ0n) is 9.94. The highest BCUT2D eigenvalue weighted by molar-refractivity contribution is 5.42. The fraction of sp³-hybridized carbons (Fsp3) is 0.333. The molecule has 0 aliphatic heterocycles. The molecule has 0 bridgehead atoms. The van der Waals surface area contributed by atoms with E-state index < -0.39 is 11.7 Å². The Hall–Kier alpha value is -1.85. The summed E-state index contributed by atoms with van der Waals surface area (Å²) in [5, 5.41) is 3.82. The SMILES string of the molecule is CC(C)c1ccc(-n2cncn2)cc1C(F)(F)F. The lowest BCUT2D eigenvalue weighted by Crippen LogP contribution is -2.11.